The summed E-state index contributed by atoms with van der Waals surface area (Å²) >= 11 is 1.62. The summed E-state index contributed by atoms with van der Waals surface area (Å²) in [6, 6.07) is 16.7. The first kappa shape index (κ1) is 15.4. The van der Waals surface area contributed by atoms with Crippen molar-refractivity contribution in [3.05, 3.63) is 87.7 Å². The molecule has 0 aliphatic rings. The number of rotatable bonds is 4. The molecule has 0 N–H and O–H groups in total. The van der Waals surface area contributed by atoms with E-state index in [9.17, 15) is 10.1 Å². The predicted molar refractivity (Wildman–Crippen MR) is 98.8 cm³/mol. The Kier molecular flexibility index (Phi) is 3.95. The molecule has 4 rings (SSSR count). The molecule has 25 heavy (non-hydrogen) atoms. The Balaban J connectivity index is 1.72. The van der Waals surface area contributed by atoms with Gasteiger partial charge in [0.25, 0.3) is 5.69 Å². The molecular weight excluding hydrogens is 334 g/mol. The van der Waals surface area contributed by atoms with E-state index in [1.54, 1.807) is 23.5 Å². The zero-order valence-corrected chi connectivity index (χ0v) is 13.9. The van der Waals surface area contributed by atoms with Crippen LogP contribution in [0.3, 0.4) is 0 Å². The molecule has 0 spiro atoms. The maximum absolute atomic E-state index is 10.9. The number of hydrogen-bond donors (Lipinski definition) is 0. The van der Waals surface area contributed by atoms with E-state index in [1.807, 2.05) is 30.5 Å². The minimum atomic E-state index is -0.389. The van der Waals surface area contributed by atoms with Crippen molar-refractivity contribution in [2.24, 2.45) is 0 Å². The third kappa shape index (κ3) is 3.12. The second-order valence-corrected chi connectivity index (χ2v) is 6.53. The molecule has 0 amide bonds. The van der Waals surface area contributed by atoms with Gasteiger partial charge in [-0.15, -0.1) is 11.3 Å². The van der Waals surface area contributed by atoms with Gasteiger partial charge in [-0.05, 0) is 11.1 Å². The van der Waals surface area contributed by atoms with Gasteiger partial charge in [0.2, 0.25) is 0 Å². The molecule has 122 valence electrons. The standard InChI is InChI=1S/C19H13N3O2S/c23-22(24)15-8-4-5-13(9-15)10-18-20-11-17-19(21-18)16(12-25-17)14-6-2-1-3-7-14/h1-9,11-12H,10H2. The summed E-state index contributed by atoms with van der Waals surface area (Å²) in [7, 11) is 0. The lowest BCUT2D eigenvalue weighted by molar-refractivity contribution is -0.384. The summed E-state index contributed by atoms with van der Waals surface area (Å²) in [5.41, 5.74) is 4.03. The number of fused-ring (bicyclic) bond motifs is 1. The van der Waals surface area contributed by atoms with Crippen molar-refractivity contribution < 1.29 is 4.92 Å². The van der Waals surface area contributed by atoms with Crippen LogP contribution in [0, 0.1) is 10.1 Å². The SMILES string of the molecule is O=[N+]([O-])c1cccc(Cc2ncc3scc(-c4ccccc4)c3n2)c1. The van der Waals surface area contributed by atoms with Crippen LogP contribution in [0.25, 0.3) is 21.3 Å². The van der Waals surface area contributed by atoms with Gasteiger partial charge < -0.3 is 0 Å². The van der Waals surface area contributed by atoms with Crippen molar-refractivity contribution in [1.29, 1.82) is 0 Å². The van der Waals surface area contributed by atoms with E-state index in [0.29, 0.717) is 12.2 Å². The molecule has 5 nitrogen and oxygen atoms in total. The van der Waals surface area contributed by atoms with Crippen LogP contribution >= 0.6 is 11.3 Å². The van der Waals surface area contributed by atoms with Gasteiger partial charge >= 0.3 is 0 Å². The van der Waals surface area contributed by atoms with E-state index < -0.39 is 0 Å². The monoisotopic (exact) mass is 347 g/mol. The first-order chi connectivity index (χ1) is 12.2. The summed E-state index contributed by atoms with van der Waals surface area (Å²) in [4.78, 5) is 19.7. The molecule has 0 saturated carbocycles. The van der Waals surface area contributed by atoms with E-state index in [4.69, 9.17) is 4.98 Å². The Labute approximate surface area is 147 Å². The summed E-state index contributed by atoms with van der Waals surface area (Å²) < 4.78 is 1.03. The van der Waals surface area contributed by atoms with Gasteiger partial charge in [0.05, 0.1) is 15.1 Å². The summed E-state index contributed by atoms with van der Waals surface area (Å²) in [5.74, 6) is 0.656. The number of thiophene rings is 1. The van der Waals surface area contributed by atoms with Crippen LogP contribution in [0.5, 0.6) is 0 Å². The van der Waals surface area contributed by atoms with Crippen LogP contribution in [-0.4, -0.2) is 14.9 Å². The van der Waals surface area contributed by atoms with Gasteiger partial charge in [-0.2, -0.15) is 0 Å². The predicted octanol–water partition coefficient (Wildman–Crippen LogP) is 4.86. The van der Waals surface area contributed by atoms with E-state index in [1.165, 1.54) is 6.07 Å². The van der Waals surface area contributed by atoms with Crippen LogP contribution in [0.4, 0.5) is 5.69 Å². The number of nitro groups is 1. The Morgan fingerprint density at radius 1 is 1.08 bits per heavy atom. The average molecular weight is 347 g/mol. The van der Waals surface area contributed by atoms with E-state index in [0.717, 1.165) is 26.9 Å². The van der Waals surface area contributed by atoms with Gasteiger partial charge in [0.1, 0.15) is 5.82 Å². The zero-order chi connectivity index (χ0) is 17.2. The Morgan fingerprint density at radius 2 is 1.92 bits per heavy atom. The summed E-state index contributed by atoms with van der Waals surface area (Å²) in [6.45, 7) is 0. The van der Waals surface area contributed by atoms with Crippen molar-refractivity contribution in [3.8, 4) is 11.1 Å². The number of aromatic nitrogens is 2. The summed E-state index contributed by atoms with van der Waals surface area (Å²) in [6.07, 6.45) is 2.29. The molecule has 0 fully saturated rings. The molecule has 0 radical (unpaired) electrons. The molecule has 0 unspecified atom stereocenters. The molecular formula is C19H13N3O2S. The van der Waals surface area contributed by atoms with Crippen LogP contribution in [0.15, 0.2) is 66.2 Å². The quantitative estimate of drug-likeness (QED) is 0.390. The molecule has 2 aromatic carbocycles. The minimum absolute atomic E-state index is 0.0825. The highest BCUT2D eigenvalue weighted by atomic mass is 32.1. The number of benzene rings is 2. The van der Waals surface area contributed by atoms with Gasteiger partial charge in [-0.1, -0.05) is 42.5 Å². The Morgan fingerprint density at radius 3 is 2.72 bits per heavy atom. The molecule has 0 atom stereocenters. The highest BCUT2D eigenvalue weighted by Crippen LogP contribution is 2.32. The van der Waals surface area contributed by atoms with Crippen LogP contribution in [0.2, 0.25) is 0 Å². The maximum Gasteiger partial charge on any atom is 0.269 e. The van der Waals surface area contributed by atoms with E-state index in [-0.39, 0.29) is 10.6 Å². The number of non-ortho nitro benzene ring substituents is 1. The van der Waals surface area contributed by atoms with Crippen molar-refractivity contribution in [2.75, 3.05) is 0 Å². The Bertz CT molecular complexity index is 1060. The largest absolute Gasteiger partial charge is 0.269 e. The maximum atomic E-state index is 10.9. The second-order valence-electron chi connectivity index (χ2n) is 5.62. The first-order valence-electron chi connectivity index (χ1n) is 7.72. The van der Waals surface area contributed by atoms with Gasteiger partial charge in [0, 0.05) is 35.7 Å². The third-order valence-electron chi connectivity index (χ3n) is 3.93. The normalized spacial score (nSPS) is 10.9. The van der Waals surface area contributed by atoms with Crippen molar-refractivity contribution in [1.82, 2.24) is 9.97 Å². The Hall–Kier alpha value is -3.12. The lowest BCUT2D eigenvalue weighted by Crippen LogP contribution is -1.97. The lowest BCUT2D eigenvalue weighted by Gasteiger charge is -2.03. The highest BCUT2D eigenvalue weighted by Gasteiger charge is 2.11. The molecule has 0 aliphatic heterocycles. The van der Waals surface area contributed by atoms with Gasteiger partial charge in [0.15, 0.2) is 0 Å². The smallest absolute Gasteiger partial charge is 0.258 e. The zero-order valence-electron chi connectivity index (χ0n) is 13.1. The van der Waals surface area contributed by atoms with E-state index in [2.05, 4.69) is 22.5 Å². The number of nitrogens with zero attached hydrogens (tertiary/aromatic N) is 3. The van der Waals surface area contributed by atoms with E-state index >= 15 is 0 Å². The van der Waals surface area contributed by atoms with Crippen LogP contribution in [0.1, 0.15) is 11.4 Å². The first-order valence-corrected chi connectivity index (χ1v) is 8.60. The molecule has 0 bridgehead atoms. The summed E-state index contributed by atoms with van der Waals surface area (Å²) in [5, 5.41) is 13.0. The van der Waals surface area contributed by atoms with Crippen molar-refractivity contribution >= 4 is 27.2 Å². The van der Waals surface area contributed by atoms with Crippen molar-refractivity contribution in [3.63, 3.8) is 0 Å². The topological polar surface area (TPSA) is 68.9 Å². The van der Waals surface area contributed by atoms with Gasteiger partial charge in [-0.3, -0.25) is 10.1 Å². The lowest BCUT2D eigenvalue weighted by atomic mass is 10.1. The molecule has 0 aliphatic carbocycles. The fraction of sp³-hybridized carbons (Fsp3) is 0.0526. The van der Waals surface area contributed by atoms with Gasteiger partial charge in [-0.25, -0.2) is 9.97 Å². The minimum Gasteiger partial charge on any atom is -0.258 e. The van der Waals surface area contributed by atoms with Crippen molar-refractivity contribution in [2.45, 2.75) is 6.42 Å². The number of hydrogen-bond acceptors (Lipinski definition) is 5. The highest BCUT2D eigenvalue weighted by molar-refractivity contribution is 7.17. The fourth-order valence-corrected chi connectivity index (χ4v) is 3.61. The molecule has 0 saturated heterocycles. The molecule has 2 heterocycles. The molecule has 6 heteroatoms. The fourth-order valence-electron chi connectivity index (χ4n) is 2.73. The second kappa shape index (κ2) is 6.41. The third-order valence-corrected chi connectivity index (χ3v) is 4.84. The average Bonchev–Trinajstić information content (AvgIpc) is 3.06. The molecule has 2 aromatic heterocycles. The van der Waals surface area contributed by atoms with Crippen LogP contribution < -0.4 is 0 Å². The van der Waals surface area contributed by atoms with Crippen LogP contribution in [-0.2, 0) is 6.42 Å². The molecule has 4 aromatic rings. The number of nitro benzene ring substituents is 1.